The first-order valence-corrected chi connectivity index (χ1v) is 9.82. The number of aromatic nitrogens is 2. The maximum absolute atomic E-state index is 12.7. The maximum atomic E-state index is 12.7. The number of carbonyl (C=O) groups is 1. The van der Waals surface area contributed by atoms with Crippen LogP contribution in [0.5, 0.6) is 0 Å². The Balaban J connectivity index is 1.36. The molecule has 3 aromatic rings. The molecule has 8 heteroatoms. The number of hydrogen-bond donors (Lipinski definition) is 0. The van der Waals surface area contributed by atoms with Crippen LogP contribution in [0.3, 0.4) is 0 Å². The highest BCUT2D eigenvalue weighted by Crippen LogP contribution is 2.20. The van der Waals surface area contributed by atoms with Crippen molar-refractivity contribution in [2.45, 2.75) is 6.54 Å². The second kappa shape index (κ2) is 7.78. The van der Waals surface area contributed by atoms with Crippen LogP contribution < -0.4 is 4.90 Å². The molecule has 0 saturated carbocycles. The van der Waals surface area contributed by atoms with E-state index in [1.807, 2.05) is 41.4 Å². The smallest absolute Gasteiger partial charge is 0.289 e. The predicted octanol–water partition coefficient (Wildman–Crippen LogP) is 3.90. The highest BCUT2D eigenvalue weighted by atomic mass is 79.9. The molecule has 6 nitrogen and oxygen atoms in total. The number of benzene rings is 1. The lowest BCUT2D eigenvalue weighted by molar-refractivity contribution is 0.0712. The zero-order valence-electron chi connectivity index (χ0n) is 14.5. The van der Waals surface area contributed by atoms with Crippen molar-refractivity contribution in [3.63, 3.8) is 0 Å². The third-order valence-corrected chi connectivity index (χ3v) is 5.21. The van der Waals surface area contributed by atoms with E-state index < -0.39 is 0 Å². The van der Waals surface area contributed by atoms with Gasteiger partial charge < -0.3 is 14.2 Å². The van der Waals surface area contributed by atoms with Crippen molar-refractivity contribution < 1.29 is 9.21 Å². The molecule has 0 spiro atoms. The summed E-state index contributed by atoms with van der Waals surface area (Å²) in [6.07, 6.45) is 3.58. The zero-order chi connectivity index (χ0) is 18.8. The van der Waals surface area contributed by atoms with E-state index in [1.54, 1.807) is 16.9 Å². The van der Waals surface area contributed by atoms with E-state index in [2.05, 4.69) is 25.9 Å². The molecule has 0 aliphatic carbocycles. The Kier molecular flexibility index (Phi) is 5.22. The molecular weight excluding hydrogens is 432 g/mol. The van der Waals surface area contributed by atoms with E-state index in [-0.39, 0.29) is 5.91 Å². The van der Waals surface area contributed by atoms with Crippen LogP contribution in [0.4, 0.5) is 5.69 Å². The molecule has 0 radical (unpaired) electrons. The van der Waals surface area contributed by atoms with Gasteiger partial charge in [-0.3, -0.25) is 9.48 Å². The molecule has 0 unspecified atom stereocenters. The Labute approximate surface area is 170 Å². The molecule has 0 bridgehead atoms. The Morgan fingerprint density at radius 2 is 1.85 bits per heavy atom. The molecule has 1 fully saturated rings. The minimum Gasteiger partial charge on any atom is -0.454 e. The Hall–Kier alpha value is -2.25. The van der Waals surface area contributed by atoms with Gasteiger partial charge in [0.15, 0.2) is 5.76 Å². The van der Waals surface area contributed by atoms with Crippen LogP contribution in [0, 0.1) is 0 Å². The van der Waals surface area contributed by atoms with Crippen molar-refractivity contribution in [3.8, 4) is 0 Å². The van der Waals surface area contributed by atoms with Crippen LogP contribution in [0.25, 0.3) is 0 Å². The van der Waals surface area contributed by atoms with Crippen LogP contribution in [-0.4, -0.2) is 46.8 Å². The number of anilines is 1. The summed E-state index contributed by atoms with van der Waals surface area (Å²) >= 11 is 9.31. The van der Waals surface area contributed by atoms with Crippen molar-refractivity contribution >= 4 is 39.1 Å². The van der Waals surface area contributed by atoms with Gasteiger partial charge >= 0.3 is 0 Å². The molecule has 0 atom stereocenters. The van der Waals surface area contributed by atoms with E-state index in [1.165, 1.54) is 0 Å². The Morgan fingerprint density at radius 3 is 2.52 bits per heavy atom. The fraction of sp³-hybridized carbons (Fsp3) is 0.263. The van der Waals surface area contributed by atoms with Gasteiger partial charge in [0.05, 0.1) is 17.2 Å². The lowest BCUT2D eigenvalue weighted by Crippen LogP contribution is -2.48. The van der Waals surface area contributed by atoms with Crippen molar-refractivity contribution in [1.29, 1.82) is 0 Å². The third-order valence-electron chi connectivity index (χ3n) is 4.55. The van der Waals surface area contributed by atoms with Crippen molar-refractivity contribution in [3.05, 3.63) is 69.8 Å². The number of furan rings is 1. The summed E-state index contributed by atoms with van der Waals surface area (Å²) < 4.78 is 8.40. The molecule has 4 rings (SSSR count). The van der Waals surface area contributed by atoms with Crippen LogP contribution in [0.2, 0.25) is 5.02 Å². The fourth-order valence-corrected chi connectivity index (χ4v) is 3.59. The van der Waals surface area contributed by atoms with Crippen molar-refractivity contribution in [2.75, 3.05) is 31.1 Å². The average Bonchev–Trinajstić information content (AvgIpc) is 3.31. The molecule has 1 aliphatic heterocycles. The molecule has 1 aromatic carbocycles. The molecule has 1 saturated heterocycles. The summed E-state index contributed by atoms with van der Waals surface area (Å²) in [7, 11) is 0. The van der Waals surface area contributed by atoms with E-state index in [0.717, 1.165) is 28.3 Å². The molecule has 27 heavy (non-hydrogen) atoms. The fourth-order valence-electron chi connectivity index (χ4n) is 3.14. The van der Waals surface area contributed by atoms with E-state index in [9.17, 15) is 4.79 Å². The maximum Gasteiger partial charge on any atom is 0.289 e. The Bertz CT molecular complexity index is 929. The van der Waals surface area contributed by atoms with Gasteiger partial charge in [-0.25, -0.2) is 0 Å². The minimum absolute atomic E-state index is 0.0707. The first-order chi connectivity index (χ1) is 13.1. The van der Waals surface area contributed by atoms with E-state index in [0.29, 0.717) is 31.2 Å². The summed E-state index contributed by atoms with van der Waals surface area (Å²) in [4.78, 5) is 16.8. The average molecular weight is 450 g/mol. The molecular formula is C19H18BrClN4O2. The number of amides is 1. The van der Waals surface area contributed by atoms with Gasteiger partial charge in [0, 0.05) is 43.1 Å². The minimum atomic E-state index is -0.0707. The van der Waals surface area contributed by atoms with Crippen molar-refractivity contribution in [2.24, 2.45) is 0 Å². The lowest BCUT2D eigenvalue weighted by atomic mass is 10.2. The molecule has 0 N–H and O–H groups in total. The highest BCUT2D eigenvalue weighted by molar-refractivity contribution is 9.10. The number of nitrogens with zero attached hydrogens (tertiary/aromatic N) is 4. The summed E-state index contributed by atoms with van der Waals surface area (Å²) in [5.41, 5.74) is 1.12. The van der Waals surface area contributed by atoms with Crippen LogP contribution in [0.1, 0.15) is 16.3 Å². The monoisotopic (exact) mass is 448 g/mol. The van der Waals surface area contributed by atoms with E-state index >= 15 is 0 Å². The van der Waals surface area contributed by atoms with E-state index in [4.69, 9.17) is 16.0 Å². The summed E-state index contributed by atoms with van der Waals surface area (Å²) in [5.74, 6) is 1.00. The molecule has 3 heterocycles. The quantitative estimate of drug-likeness (QED) is 0.606. The van der Waals surface area contributed by atoms with Gasteiger partial charge in [0.25, 0.3) is 5.91 Å². The first kappa shape index (κ1) is 18.1. The third kappa shape index (κ3) is 4.20. The standard InChI is InChI=1S/C19H18BrClN4O2/c20-14-11-22-25(12-14)13-17-5-6-18(27-17)19(26)24-9-7-23(8-10-24)16-3-1-15(21)2-4-16/h1-6,11-12H,7-10,13H2. The second-order valence-corrected chi connectivity index (χ2v) is 7.73. The van der Waals surface area contributed by atoms with Gasteiger partial charge in [0.1, 0.15) is 5.76 Å². The SMILES string of the molecule is O=C(c1ccc(Cn2cc(Br)cn2)o1)N1CCN(c2ccc(Cl)cc2)CC1. The number of hydrogen-bond acceptors (Lipinski definition) is 4. The summed E-state index contributed by atoms with van der Waals surface area (Å²) in [6.45, 7) is 3.36. The lowest BCUT2D eigenvalue weighted by Gasteiger charge is -2.35. The summed E-state index contributed by atoms with van der Waals surface area (Å²) in [5, 5.41) is 4.92. The first-order valence-electron chi connectivity index (χ1n) is 8.65. The van der Waals surface area contributed by atoms with Gasteiger partial charge in [-0.1, -0.05) is 11.6 Å². The normalized spacial score (nSPS) is 14.6. The highest BCUT2D eigenvalue weighted by Gasteiger charge is 2.24. The van der Waals surface area contributed by atoms with Crippen molar-refractivity contribution in [1.82, 2.24) is 14.7 Å². The Morgan fingerprint density at radius 1 is 1.11 bits per heavy atom. The largest absolute Gasteiger partial charge is 0.454 e. The second-order valence-electron chi connectivity index (χ2n) is 6.38. The zero-order valence-corrected chi connectivity index (χ0v) is 16.9. The van der Waals surface area contributed by atoms with Gasteiger partial charge in [0.2, 0.25) is 0 Å². The molecule has 140 valence electrons. The summed E-state index contributed by atoms with van der Waals surface area (Å²) in [6, 6.07) is 11.3. The number of carbonyl (C=O) groups excluding carboxylic acids is 1. The topological polar surface area (TPSA) is 54.5 Å². The van der Waals surface area contributed by atoms with Crippen LogP contribution >= 0.6 is 27.5 Å². The van der Waals surface area contributed by atoms with Gasteiger partial charge in [-0.05, 0) is 52.3 Å². The molecule has 1 aliphatic rings. The number of piperazine rings is 1. The van der Waals surface area contributed by atoms with Gasteiger partial charge in [-0.15, -0.1) is 0 Å². The predicted molar refractivity (Wildman–Crippen MR) is 107 cm³/mol. The molecule has 1 amide bonds. The number of rotatable bonds is 4. The number of halogens is 2. The van der Waals surface area contributed by atoms with Crippen LogP contribution in [-0.2, 0) is 6.54 Å². The van der Waals surface area contributed by atoms with Gasteiger partial charge in [-0.2, -0.15) is 5.10 Å². The molecule has 2 aromatic heterocycles. The van der Waals surface area contributed by atoms with Crippen LogP contribution in [0.15, 0.2) is 57.7 Å².